The third-order valence-corrected chi connectivity index (χ3v) is 12.8. The number of hydrogen-bond acceptors (Lipinski definition) is 11. The number of amides is 2. The number of hydrogen-bond donors (Lipinski definition) is 0. The molecule has 13 heteroatoms. The highest BCUT2D eigenvalue weighted by atomic mass is 16.5. The quantitative estimate of drug-likeness (QED) is 0.0607. The fourth-order valence-corrected chi connectivity index (χ4v) is 9.47. The maximum atomic E-state index is 14.1. The van der Waals surface area contributed by atoms with Gasteiger partial charge in [-0.15, -0.1) is 0 Å². The predicted octanol–water partition coefficient (Wildman–Crippen LogP) is 7.57. The van der Waals surface area contributed by atoms with Gasteiger partial charge in [0.2, 0.25) is 0 Å². The third kappa shape index (κ3) is 9.42. The molecule has 0 N–H and O–H groups in total. The molecule has 5 aromatic rings. The van der Waals surface area contributed by atoms with Crippen molar-refractivity contribution in [1.82, 2.24) is 4.90 Å². The van der Waals surface area contributed by atoms with E-state index in [4.69, 9.17) is 28.7 Å². The SMILES string of the molecule is COc1cc2c(cc1OCc1cc(COc3cc4c(cc3C)C(=O)N3c5ccccc5C[C@H]3CC4)cc(N(CC=O)CCOCCOCCN(C)C)c1)N=C[C@@H]1Cc3ccccc3N1C2=O. The number of methoxy groups -OCH3 is 1. The molecule has 5 aromatic carbocycles. The van der Waals surface area contributed by atoms with Crippen molar-refractivity contribution in [3.63, 3.8) is 0 Å². The van der Waals surface area contributed by atoms with Gasteiger partial charge in [0, 0.05) is 60.5 Å². The number of nitrogens with zero attached hydrogens (tertiary/aromatic N) is 5. The molecule has 4 aliphatic rings. The summed E-state index contributed by atoms with van der Waals surface area (Å²) in [6.45, 7) is 5.75. The highest BCUT2D eigenvalue weighted by Crippen LogP contribution is 2.42. The Morgan fingerprint density at radius 1 is 0.712 bits per heavy atom. The molecule has 2 atom stereocenters. The number of aldehydes is 1. The zero-order valence-electron chi connectivity index (χ0n) is 38.2. The van der Waals surface area contributed by atoms with Gasteiger partial charge in [-0.1, -0.05) is 36.4 Å². The summed E-state index contributed by atoms with van der Waals surface area (Å²) >= 11 is 0. The number of carbonyl (C=O) groups excluding carboxylic acids is 3. The third-order valence-electron chi connectivity index (χ3n) is 12.8. The summed E-state index contributed by atoms with van der Waals surface area (Å²) in [5.74, 6) is 1.47. The van der Waals surface area contributed by atoms with Gasteiger partial charge < -0.3 is 43.2 Å². The largest absolute Gasteiger partial charge is 0.493 e. The van der Waals surface area contributed by atoms with Crippen LogP contribution in [0.1, 0.15) is 60.5 Å². The van der Waals surface area contributed by atoms with E-state index < -0.39 is 0 Å². The molecule has 13 nitrogen and oxygen atoms in total. The molecule has 4 aliphatic heterocycles. The van der Waals surface area contributed by atoms with Crippen LogP contribution in [0.4, 0.5) is 22.7 Å². The summed E-state index contributed by atoms with van der Waals surface area (Å²) in [5.41, 5.74) is 10.3. The average Bonchev–Trinajstić information content (AvgIpc) is 3.82. The molecule has 0 aliphatic carbocycles. The second kappa shape index (κ2) is 19.9. The second-order valence-electron chi connectivity index (χ2n) is 17.6. The monoisotopic (exact) mass is 891 g/mol. The maximum Gasteiger partial charge on any atom is 0.261 e. The molecule has 0 saturated heterocycles. The van der Waals surface area contributed by atoms with Crippen LogP contribution in [0.5, 0.6) is 17.2 Å². The van der Waals surface area contributed by atoms with E-state index in [1.165, 1.54) is 5.56 Å². The van der Waals surface area contributed by atoms with Gasteiger partial charge in [0.05, 0.1) is 57.4 Å². The number of likely N-dealkylation sites (N-methyl/N-ethyl adjacent to an activating group) is 1. The number of rotatable bonds is 19. The van der Waals surface area contributed by atoms with E-state index in [1.54, 1.807) is 19.2 Å². The molecule has 0 spiro atoms. The molecule has 0 fully saturated rings. The van der Waals surface area contributed by atoms with E-state index in [2.05, 4.69) is 11.0 Å². The summed E-state index contributed by atoms with van der Waals surface area (Å²) in [4.78, 5) is 52.8. The van der Waals surface area contributed by atoms with Crippen LogP contribution in [0.25, 0.3) is 0 Å². The summed E-state index contributed by atoms with van der Waals surface area (Å²) < 4.78 is 30.5. The topological polar surface area (TPSA) is 123 Å². The minimum absolute atomic E-state index is 0.0381. The Morgan fingerprint density at radius 3 is 2.09 bits per heavy atom. The number of aliphatic imine (C=N–C) groups is 1. The lowest BCUT2D eigenvalue weighted by Gasteiger charge is -2.24. The minimum Gasteiger partial charge on any atom is -0.493 e. The van der Waals surface area contributed by atoms with Crippen molar-refractivity contribution in [2.24, 2.45) is 4.99 Å². The van der Waals surface area contributed by atoms with E-state index in [0.717, 1.165) is 82.5 Å². The van der Waals surface area contributed by atoms with E-state index >= 15 is 0 Å². The molecule has 0 saturated carbocycles. The lowest BCUT2D eigenvalue weighted by atomic mass is 9.98. The Balaban J connectivity index is 0.951. The molecule has 0 unspecified atom stereocenters. The van der Waals surface area contributed by atoms with Crippen molar-refractivity contribution >= 4 is 47.1 Å². The minimum atomic E-state index is -0.185. The highest BCUT2D eigenvalue weighted by Gasteiger charge is 2.38. The highest BCUT2D eigenvalue weighted by molar-refractivity contribution is 6.15. The fourth-order valence-electron chi connectivity index (χ4n) is 9.47. The van der Waals surface area contributed by atoms with E-state index in [9.17, 15) is 14.4 Å². The van der Waals surface area contributed by atoms with E-state index in [0.29, 0.717) is 67.9 Å². The van der Waals surface area contributed by atoms with E-state index in [-0.39, 0.29) is 43.7 Å². The molecule has 9 rings (SSSR count). The molecule has 0 radical (unpaired) electrons. The number of carbonyl (C=O) groups is 3. The van der Waals surface area contributed by atoms with Crippen LogP contribution in [-0.2, 0) is 46.7 Å². The first-order chi connectivity index (χ1) is 32.2. The van der Waals surface area contributed by atoms with Crippen molar-refractivity contribution < 1.29 is 38.1 Å². The van der Waals surface area contributed by atoms with Crippen molar-refractivity contribution in [1.29, 1.82) is 0 Å². The Kier molecular flexibility index (Phi) is 13.5. The zero-order valence-corrected chi connectivity index (χ0v) is 38.2. The van der Waals surface area contributed by atoms with Crippen molar-refractivity contribution in [3.05, 3.63) is 136 Å². The molecule has 2 amide bonds. The predicted molar refractivity (Wildman–Crippen MR) is 256 cm³/mol. The number of para-hydroxylation sites is 2. The standard InChI is InChI=1S/C53H57N5O8/c1-35-23-44-38(13-14-41-27-39-9-5-7-11-47(39)57(41)52(44)60)29-49(35)65-33-36-24-37(26-42(25-36)56(15-18-59)17-20-64-22-21-63-19-16-55(2)3)34-66-51-31-46-45(30-50(51)62-4)53(61)58-43(32-54-46)28-40-10-6-8-12-48(40)58/h5-12,18,23-26,29-32,41,43H,13-17,19-22,27-28,33-34H2,1-4H3/t41-,43+/m1/s1. The molecular formula is C53H57N5O8. The summed E-state index contributed by atoms with van der Waals surface area (Å²) in [5, 5.41) is 0. The van der Waals surface area contributed by atoms with Gasteiger partial charge in [-0.3, -0.25) is 19.5 Å². The van der Waals surface area contributed by atoms with Crippen LogP contribution in [0.15, 0.2) is 96.0 Å². The van der Waals surface area contributed by atoms with E-state index in [1.807, 2.05) is 115 Å². The van der Waals surface area contributed by atoms with Gasteiger partial charge in [-0.05, 0) is 122 Å². The number of aryl methyl sites for hydroxylation is 2. The van der Waals surface area contributed by atoms with Crippen LogP contribution < -0.4 is 28.9 Å². The molecule has 4 heterocycles. The van der Waals surface area contributed by atoms with Crippen molar-refractivity contribution in [2.45, 2.75) is 57.9 Å². The maximum absolute atomic E-state index is 14.1. The van der Waals surface area contributed by atoms with Gasteiger partial charge in [-0.2, -0.15) is 0 Å². The first-order valence-corrected chi connectivity index (χ1v) is 22.8. The first kappa shape index (κ1) is 44.7. The summed E-state index contributed by atoms with van der Waals surface area (Å²) in [6.07, 6.45) is 5.92. The van der Waals surface area contributed by atoms with Crippen LogP contribution >= 0.6 is 0 Å². The van der Waals surface area contributed by atoms with Gasteiger partial charge in [0.25, 0.3) is 11.8 Å². The van der Waals surface area contributed by atoms with Crippen molar-refractivity contribution in [2.75, 3.05) is 82.0 Å². The molecule has 0 bridgehead atoms. The van der Waals surface area contributed by atoms with Gasteiger partial charge in [0.15, 0.2) is 11.5 Å². The van der Waals surface area contributed by atoms with Gasteiger partial charge in [0.1, 0.15) is 25.2 Å². The lowest BCUT2D eigenvalue weighted by molar-refractivity contribution is -0.106. The fraction of sp³-hybridized carbons (Fsp3) is 0.358. The van der Waals surface area contributed by atoms with Crippen LogP contribution in [0, 0.1) is 6.92 Å². The van der Waals surface area contributed by atoms with Crippen LogP contribution in [0.3, 0.4) is 0 Å². The van der Waals surface area contributed by atoms with Crippen LogP contribution in [-0.4, -0.2) is 109 Å². The Morgan fingerprint density at radius 2 is 1.38 bits per heavy atom. The second-order valence-corrected chi connectivity index (χ2v) is 17.6. The lowest BCUT2D eigenvalue weighted by Crippen LogP contribution is -2.37. The average molecular weight is 892 g/mol. The molecule has 342 valence electrons. The number of ether oxygens (including phenoxy) is 5. The van der Waals surface area contributed by atoms with Gasteiger partial charge in [-0.25, -0.2) is 0 Å². The number of benzene rings is 5. The molecule has 0 aromatic heterocycles. The Hall–Kier alpha value is -6.54. The Labute approximate surface area is 386 Å². The van der Waals surface area contributed by atoms with Gasteiger partial charge >= 0.3 is 0 Å². The van der Waals surface area contributed by atoms with Crippen molar-refractivity contribution in [3.8, 4) is 17.2 Å². The molecule has 66 heavy (non-hydrogen) atoms. The molecular weight excluding hydrogens is 835 g/mol. The Bertz CT molecular complexity index is 2650. The first-order valence-electron chi connectivity index (χ1n) is 22.8. The van der Waals surface area contributed by atoms with Crippen LogP contribution in [0.2, 0.25) is 0 Å². The summed E-state index contributed by atoms with van der Waals surface area (Å²) in [7, 11) is 5.57. The normalized spacial score (nSPS) is 16.7. The number of fused-ring (bicyclic) bond motifs is 8. The zero-order chi connectivity index (χ0) is 45.7. The number of anilines is 3. The summed E-state index contributed by atoms with van der Waals surface area (Å²) in [6, 6.07) is 29.6. The smallest absolute Gasteiger partial charge is 0.261 e.